The Kier molecular flexibility index (Phi) is 7.47. The van der Waals surface area contributed by atoms with Crippen LogP contribution in [0.4, 0.5) is 0 Å². The second-order valence-electron chi connectivity index (χ2n) is 6.12. The Balaban J connectivity index is 0.00000243. The van der Waals surface area contributed by atoms with E-state index in [0.717, 1.165) is 28.4 Å². The molecule has 0 aromatic heterocycles. The third kappa shape index (κ3) is 5.18. The zero-order valence-corrected chi connectivity index (χ0v) is 18.8. The van der Waals surface area contributed by atoms with Gasteiger partial charge in [0.05, 0.1) is 4.90 Å². The number of nitrogens with one attached hydrogen (secondary N) is 1. The van der Waals surface area contributed by atoms with E-state index in [1.54, 1.807) is 30.3 Å². The van der Waals surface area contributed by atoms with E-state index in [1.807, 2.05) is 12.1 Å². The second kappa shape index (κ2) is 8.99. The SMILES string of the molecule is O=C([O-])Cc1ccc2c(c1)C(CNS(=O)(=O)c1ccc(Br)cc1)CC2.[Na+]. The standard InChI is InChI=1S/C18H18BrNO4S.Na/c19-15-5-7-16(8-6-15)25(23,24)20-11-14-4-3-13-2-1-12(9-17(13)14)10-18(21)22;/h1-2,5-9,14,20H,3-4,10-11H2,(H,21,22);/q;+1/p-1. The third-order valence-corrected chi connectivity index (χ3v) is 6.37. The van der Waals surface area contributed by atoms with Crippen LogP contribution in [0.2, 0.25) is 0 Å². The Hall–Kier alpha value is -0.700. The molecule has 2 aromatic rings. The zero-order valence-electron chi connectivity index (χ0n) is 14.4. The molecule has 0 spiro atoms. The molecule has 1 N–H and O–H groups in total. The number of sulfonamides is 1. The first-order chi connectivity index (χ1) is 11.8. The number of hydrogen-bond acceptors (Lipinski definition) is 4. The number of fused-ring (bicyclic) bond motifs is 1. The molecule has 5 nitrogen and oxygen atoms in total. The minimum atomic E-state index is -3.57. The van der Waals surface area contributed by atoms with Crippen molar-refractivity contribution in [2.75, 3.05) is 6.54 Å². The number of aliphatic carboxylic acids is 1. The van der Waals surface area contributed by atoms with Crippen molar-refractivity contribution in [3.63, 3.8) is 0 Å². The normalized spacial score (nSPS) is 16.0. The summed E-state index contributed by atoms with van der Waals surface area (Å²) in [5, 5.41) is 10.8. The number of halogens is 1. The number of carboxylic acid groups (broad SMARTS) is 1. The van der Waals surface area contributed by atoms with Gasteiger partial charge in [-0.05, 0) is 59.7 Å². The summed E-state index contributed by atoms with van der Waals surface area (Å²) in [5.41, 5.74) is 2.86. The van der Waals surface area contributed by atoms with E-state index in [4.69, 9.17) is 0 Å². The summed E-state index contributed by atoms with van der Waals surface area (Å²) in [6.45, 7) is 0.292. The summed E-state index contributed by atoms with van der Waals surface area (Å²) in [7, 11) is -3.57. The molecule has 0 radical (unpaired) electrons. The van der Waals surface area contributed by atoms with Gasteiger partial charge in [0.25, 0.3) is 0 Å². The van der Waals surface area contributed by atoms with Gasteiger partial charge in [0.1, 0.15) is 0 Å². The van der Waals surface area contributed by atoms with Gasteiger partial charge in [-0.3, -0.25) is 0 Å². The van der Waals surface area contributed by atoms with Crippen LogP contribution in [-0.2, 0) is 27.7 Å². The fraction of sp³-hybridized carbons (Fsp3) is 0.278. The van der Waals surface area contributed by atoms with Gasteiger partial charge in [-0.25, -0.2) is 13.1 Å². The monoisotopic (exact) mass is 445 g/mol. The van der Waals surface area contributed by atoms with Gasteiger partial charge in [-0.1, -0.05) is 34.1 Å². The molecule has 8 heteroatoms. The summed E-state index contributed by atoms with van der Waals surface area (Å²) < 4.78 is 28.3. The first kappa shape index (κ1) is 21.6. The van der Waals surface area contributed by atoms with Crippen molar-refractivity contribution in [1.29, 1.82) is 0 Å². The molecule has 0 saturated heterocycles. The average molecular weight is 446 g/mol. The summed E-state index contributed by atoms with van der Waals surface area (Å²) in [6.07, 6.45) is 1.57. The molecule has 26 heavy (non-hydrogen) atoms. The fourth-order valence-corrected chi connectivity index (χ4v) is 4.48. The number of hydrogen-bond donors (Lipinski definition) is 1. The van der Waals surface area contributed by atoms with Gasteiger partial charge in [-0.2, -0.15) is 0 Å². The van der Waals surface area contributed by atoms with Crippen molar-refractivity contribution in [3.8, 4) is 0 Å². The summed E-state index contributed by atoms with van der Waals surface area (Å²) in [5.74, 6) is -1.08. The van der Waals surface area contributed by atoms with Gasteiger partial charge in [-0.15, -0.1) is 0 Å². The zero-order chi connectivity index (χ0) is 18.0. The van der Waals surface area contributed by atoms with E-state index in [1.165, 1.54) is 0 Å². The Bertz CT molecular complexity index is 900. The first-order valence-electron chi connectivity index (χ1n) is 7.92. The Morgan fingerprint density at radius 3 is 2.54 bits per heavy atom. The predicted molar refractivity (Wildman–Crippen MR) is 95.5 cm³/mol. The number of rotatable bonds is 6. The average Bonchev–Trinajstić information content (AvgIpc) is 2.95. The number of carboxylic acids is 1. The third-order valence-electron chi connectivity index (χ3n) is 4.40. The van der Waals surface area contributed by atoms with Gasteiger partial charge in [0.2, 0.25) is 10.0 Å². The van der Waals surface area contributed by atoms with Crippen molar-refractivity contribution in [3.05, 3.63) is 63.6 Å². The van der Waals surface area contributed by atoms with Crippen molar-refractivity contribution in [1.82, 2.24) is 4.72 Å². The molecule has 1 aliphatic carbocycles. The van der Waals surface area contributed by atoms with Crippen LogP contribution in [-0.4, -0.2) is 20.9 Å². The Morgan fingerprint density at radius 1 is 1.19 bits per heavy atom. The van der Waals surface area contributed by atoms with Crippen molar-refractivity contribution >= 4 is 31.9 Å². The van der Waals surface area contributed by atoms with Crippen LogP contribution in [0.25, 0.3) is 0 Å². The van der Waals surface area contributed by atoms with E-state index < -0.39 is 16.0 Å². The molecular formula is C18H17BrNNaO4S. The molecule has 0 saturated carbocycles. The number of carbonyl (C=O) groups is 1. The summed E-state index contributed by atoms with van der Waals surface area (Å²) >= 11 is 3.29. The molecule has 0 heterocycles. The molecule has 1 aliphatic rings. The molecule has 3 rings (SSSR count). The van der Waals surface area contributed by atoms with Gasteiger partial charge < -0.3 is 9.90 Å². The maximum atomic E-state index is 12.4. The maximum absolute atomic E-state index is 12.4. The fourth-order valence-electron chi connectivity index (χ4n) is 3.13. The largest absolute Gasteiger partial charge is 1.00 e. The van der Waals surface area contributed by atoms with E-state index in [0.29, 0.717) is 12.1 Å². The van der Waals surface area contributed by atoms with Gasteiger partial charge in [0, 0.05) is 23.4 Å². The van der Waals surface area contributed by atoms with Crippen molar-refractivity contribution in [2.45, 2.75) is 30.1 Å². The van der Waals surface area contributed by atoms with Crippen LogP contribution >= 0.6 is 15.9 Å². The van der Waals surface area contributed by atoms with Gasteiger partial charge in [0.15, 0.2) is 0 Å². The smallest absolute Gasteiger partial charge is 0.550 e. The number of benzene rings is 2. The number of aryl methyl sites for hydroxylation is 1. The topological polar surface area (TPSA) is 86.3 Å². The van der Waals surface area contributed by atoms with E-state index in [-0.39, 0.29) is 46.8 Å². The van der Waals surface area contributed by atoms with Crippen LogP contribution in [0, 0.1) is 0 Å². The molecule has 1 atom stereocenters. The predicted octanol–water partition coefficient (Wildman–Crippen LogP) is -1.25. The van der Waals surface area contributed by atoms with E-state index in [9.17, 15) is 18.3 Å². The molecular weight excluding hydrogens is 429 g/mol. The Labute approximate surface area is 183 Å². The molecule has 0 aliphatic heterocycles. The van der Waals surface area contributed by atoms with Crippen LogP contribution in [0.3, 0.4) is 0 Å². The summed E-state index contributed by atoms with van der Waals surface area (Å²) in [6, 6.07) is 12.0. The van der Waals surface area contributed by atoms with Crippen LogP contribution in [0.1, 0.15) is 29.0 Å². The molecule has 132 valence electrons. The minimum Gasteiger partial charge on any atom is -0.550 e. The molecule has 0 amide bonds. The van der Waals surface area contributed by atoms with Crippen LogP contribution in [0.15, 0.2) is 51.8 Å². The molecule has 0 fully saturated rings. The van der Waals surface area contributed by atoms with Crippen molar-refractivity contribution in [2.24, 2.45) is 0 Å². The molecule has 0 bridgehead atoms. The minimum absolute atomic E-state index is 0. The van der Waals surface area contributed by atoms with Crippen LogP contribution < -0.4 is 39.4 Å². The molecule has 1 unspecified atom stereocenters. The second-order valence-corrected chi connectivity index (χ2v) is 8.81. The van der Waals surface area contributed by atoms with Crippen molar-refractivity contribution < 1.29 is 47.9 Å². The quantitative estimate of drug-likeness (QED) is 0.563. The summed E-state index contributed by atoms with van der Waals surface area (Å²) in [4.78, 5) is 11.0. The Morgan fingerprint density at radius 2 is 1.88 bits per heavy atom. The van der Waals surface area contributed by atoms with E-state index in [2.05, 4.69) is 20.7 Å². The molecule has 2 aromatic carbocycles. The first-order valence-corrected chi connectivity index (χ1v) is 10.2. The maximum Gasteiger partial charge on any atom is 1.00 e. The van der Waals surface area contributed by atoms with E-state index >= 15 is 0 Å². The van der Waals surface area contributed by atoms with Gasteiger partial charge >= 0.3 is 29.6 Å². The van der Waals surface area contributed by atoms with Crippen LogP contribution in [0.5, 0.6) is 0 Å². The number of carbonyl (C=O) groups excluding carboxylic acids is 1.